The van der Waals surface area contributed by atoms with Crippen LogP contribution in [0.3, 0.4) is 0 Å². The van der Waals surface area contributed by atoms with Crippen LogP contribution in [0.5, 0.6) is 0 Å². The number of hydrogen-bond acceptors (Lipinski definition) is 2. The van der Waals surface area contributed by atoms with E-state index in [2.05, 4.69) is 25.9 Å². The van der Waals surface area contributed by atoms with Crippen molar-refractivity contribution in [3.63, 3.8) is 0 Å². The highest BCUT2D eigenvalue weighted by molar-refractivity contribution is 5.78. The number of hydrogen-bond donors (Lipinski definition) is 0. The van der Waals surface area contributed by atoms with E-state index in [-0.39, 0.29) is 0 Å². The molecule has 1 aromatic rings. The third kappa shape index (κ3) is 2.46. The zero-order chi connectivity index (χ0) is 11.4. The van der Waals surface area contributed by atoms with Gasteiger partial charge in [0.15, 0.2) is 6.29 Å². The number of nitrogens with zero attached hydrogens (tertiary/aromatic N) is 2. The van der Waals surface area contributed by atoms with E-state index in [4.69, 9.17) is 0 Å². The summed E-state index contributed by atoms with van der Waals surface area (Å²) in [7, 11) is 0. The lowest BCUT2D eigenvalue weighted by molar-refractivity contribution is 0.112. The summed E-state index contributed by atoms with van der Waals surface area (Å²) in [5, 5.41) is 4.50. The molecular formula is C12H20N2O. The molecule has 0 bridgehead atoms. The molecule has 1 aromatic heterocycles. The van der Waals surface area contributed by atoms with Gasteiger partial charge in [-0.2, -0.15) is 5.10 Å². The molecule has 1 heterocycles. The first-order valence-corrected chi connectivity index (χ1v) is 5.67. The molecule has 0 radical (unpaired) electrons. The SMILES string of the molecule is CCc1nn(CC(C)C)c(CC)c1C=O. The predicted molar refractivity (Wildman–Crippen MR) is 61.2 cm³/mol. The van der Waals surface area contributed by atoms with Crippen molar-refractivity contribution in [2.45, 2.75) is 47.1 Å². The van der Waals surface area contributed by atoms with E-state index in [9.17, 15) is 4.79 Å². The number of carbonyl (C=O) groups is 1. The molecule has 0 aromatic carbocycles. The van der Waals surface area contributed by atoms with Crippen LogP contribution in [0.4, 0.5) is 0 Å². The summed E-state index contributed by atoms with van der Waals surface area (Å²) in [6, 6.07) is 0. The van der Waals surface area contributed by atoms with Crippen molar-refractivity contribution in [1.29, 1.82) is 0 Å². The average molecular weight is 208 g/mol. The smallest absolute Gasteiger partial charge is 0.153 e. The Morgan fingerprint density at radius 2 is 2.00 bits per heavy atom. The molecule has 3 heteroatoms. The molecule has 0 spiro atoms. The Bertz CT molecular complexity index is 340. The highest BCUT2D eigenvalue weighted by Crippen LogP contribution is 2.15. The van der Waals surface area contributed by atoms with E-state index in [1.807, 2.05) is 11.6 Å². The number of aromatic nitrogens is 2. The fourth-order valence-electron chi connectivity index (χ4n) is 1.83. The van der Waals surface area contributed by atoms with E-state index in [1.54, 1.807) is 0 Å². The van der Waals surface area contributed by atoms with Gasteiger partial charge in [0.2, 0.25) is 0 Å². The standard InChI is InChI=1S/C12H20N2O/c1-5-11-10(8-15)12(6-2)14(13-11)7-9(3)4/h8-9H,5-7H2,1-4H3. The van der Waals surface area contributed by atoms with Crippen molar-refractivity contribution < 1.29 is 4.79 Å². The lowest BCUT2D eigenvalue weighted by atomic mass is 10.1. The summed E-state index contributed by atoms with van der Waals surface area (Å²) < 4.78 is 1.99. The lowest BCUT2D eigenvalue weighted by Crippen LogP contribution is -2.10. The summed E-state index contributed by atoms with van der Waals surface area (Å²) >= 11 is 0. The molecule has 0 atom stereocenters. The maximum atomic E-state index is 11.0. The molecule has 1 rings (SSSR count). The van der Waals surface area contributed by atoms with E-state index in [0.717, 1.165) is 42.6 Å². The zero-order valence-corrected chi connectivity index (χ0v) is 10.1. The van der Waals surface area contributed by atoms with E-state index >= 15 is 0 Å². The van der Waals surface area contributed by atoms with Crippen LogP contribution in [0.15, 0.2) is 0 Å². The van der Waals surface area contributed by atoms with Gasteiger partial charge in [0.25, 0.3) is 0 Å². The number of rotatable bonds is 5. The zero-order valence-electron chi connectivity index (χ0n) is 10.1. The van der Waals surface area contributed by atoms with Crippen molar-refractivity contribution in [2.24, 2.45) is 5.92 Å². The summed E-state index contributed by atoms with van der Waals surface area (Å²) in [5.74, 6) is 0.555. The van der Waals surface area contributed by atoms with Crippen LogP contribution in [0.2, 0.25) is 0 Å². The third-order valence-corrected chi connectivity index (χ3v) is 2.50. The van der Waals surface area contributed by atoms with Crippen molar-refractivity contribution in [1.82, 2.24) is 9.78 Å². The Morgan fingerprint density at radius 3 is 2.40 bits per heavy atom. The average Bonchev–Trinajstić information content (AvgIpc) is 2.53. The first-order chi connectivity index (χ1) is 7.13. The van der Waals surface area contributed by atoms with Crippen LogP contribution in [-0.2, 0) is 19.4 Å². The minimum Gasteiger partial charge on any atom is -0.298 e. The van der Waals surface area contributed by atoms with E-state index in [0.29, 0.717) is 5.92 Å². The van der Waals surface area contributed by atoms with Gasteiger partial charge in [-0.15, -0.1) is 0 Å². The van der Waals surface area contributed by atoms with Crippen LogP contribution >= 0.6 is 0 Å². The molecular weight excluding hydrogens is 188 g/mol. The van der Waals surface area contributed by atoms with Gasteiger partial charge in [0.05, 0.1) is 11.3 Å². The first-order valence-electron chi connectivity index (χ1n) is 5.67. The first kappa shape index (κ1) is 12.0. The minimum atomic E-state index is 0.555. The molecule has 0 fully saturated rings. The van der Waals surface area contributed by atoms with E-state index in [1.165, 1.54) is 0 Å². The summed E-state index contributed by atoms with van der Waals surface area (Å²) in [4.78, 5) is 11.0. The maximum Gasteiger partial charge on any atom is 0.153 e. The second-order valence-electron chi connectivity index (χ2n) is 4.21. The molecule has 3 nitrogen and oxygen atoms in total. The molecule has 84 valence electrons. The molecule has 0 saturated carbocycles. The van der Waals surface area contributed by atoms with Gasteiger partial charge >= 0.3 is 0 Å². The molecule has 15 heavy (non-hydrogen) atoms. The van der Waals surface area contributed by atoms with Crippen molar-refractivity contribution in [3.05, 3.63) is 17.0 Å². The topological polar surface area (TPSA) is 34.9 Å². The second kappa shape index (κ2) is 5.10. The van der Waals surface area contributed by atoms with Gasteiger partial charge < -0.3 is 0 Å². The Morgan fingerprint density at radius 1 is 1.33 bits per heavy atom. The fourth-order valence-corrected chi connectivity index (χ4v) is 1.83. The molecule has 0 aliphatic rings. The van der Waals surface area contributed by atoms with Gasteiger partial charge in [-0.1, -0.05) is 27.7 Å². The molecule has 0 amide bonds. The number of aryl methyl sites for hydroxylation is 1. The Labute approximate surface area is 91.5 Å². The van der Waals surface area contributed by atoms with Crippen molar-refractivity contribution in [3.8, 4) is 0 Å². The van der Waals surface area contributed by atoms with Gasteiger partial charge in [0, 0.05) is 12.2 Å². The number of aldehydes is 1. The van der Waals surface area contributed by atoms with Crippen molar-refractivity contribution in [2.75, 3.05) is 0 Å². The van der Waals surface area contributed by atoms with Gasteiger partial charge in [-0.05, 0) is 18.8 Å². The predicted octanol–water partition coefficient (Wildman–Crippen LogP) is 2.48. The van der Waals surface area contributed by atoms with Crippen LogP contribution in [0.25, 0.3) is 0 Å². The minimum absolute atomic E-state index is 0.555. The Kier molecular flexibility index (Phi) is 4.06. The quantitative estimate of drug-likeness (QED) is 0.697. The summed E-state index contributed by atoms with van der Waals surface area (Å²) in [6.07, 6.45) is 2.64. The van der Waals surface area contributed by atoms with Crippen molar-refractivity contribution >= 4 is 6.29 Å². The maximum absolute atomic E-state index is 11.0. The highest BCUT2D eigenvalue weighted by Gasteiger charge is 2.14. The molecule has 0 aliphatic carbocycles. The number of carbonyl (C=O) groups excluding carboxylic acids is 1. The van der Waals surface area contributed by atoms with E-state index < -0.39 is 0 Å². The summed E-state index contributed by atoms with van der Waals surface area (Å²) in [6.45, 7) is 9.32. The lowest BCUT2D eigenvalue weighted by Gasteiger charge is -2.08. The van der Waals surface area contributed by atoms with Gasteiger partial charge in [-0.25, -0.2) is 0 Å². The molecule has 0 unspecified atom stereocenters. The monoisotopic (exact) mass is 208 g/mol. The molecule has 0 aliphatic heterocycles. The Balaban J connectivity index is 3.15. The normalized spacial score (nSPS) is 11.0. The molecule has 0 saturated heterocycles. The second-order valence-corrected chi connectivity index (χ2v) is 4.21. The van der Waals surface area contributed by atoms with Gasteiger partial charge in [-0.3, -0.25) is 9.48 Å². The van der Waals surface area contributed by atoms with Crippen LogP contribution < -0.4 is 0 Å². The highest BCUT2D eigenvalue weighted by atomic mass is 16.1. The third-order valence-electron chi connectivity index (χ3n) is 2.50. The summed E-state index contributed by atoms with van der Waals surface area (Å²) in [5.41, 5.74) is 2.82. The Hall–Kier alpha value is -1.12. The largest absolute Gasteiger partial charge is 0.298 e. The van der Waals surface area contributed by atoms with Crippen LogP contribution in [-0.4, -0.2) is 16.1 Å². The fraction of sp³-hybridized carbons (Fsp3) is 0.667. The van der Waals surface area contributed by atoms with Gasteiger partial charge in [0.1, 0.15) is 0 Å². The molecule has 0 N–H and O–H groups in total. The van der Waals surface area contributed by atoms with Crippen LogP contribution in [0, 0.1) is 5.92 Å². The van der Waals surface area contributed by atoms with Crippen LogP contribution in [0.1, 0.15) is 49.4 Å².